The Hall–Kier alpha value is -6.57. The number of thiophene rings is 1. The van der Waals surface area contributed by atoms with E-state index < -0.39 is 46.8 Å². The molecule has 7 aromatic rings. The number of benzene rings is 4. The van der Waals surface area contributed by atoms with Crippen molar-refractivity contribution < 1.29 is 33.4 Å². The Bertz CT molecular complexity index is 3100. The number of phenols is 1. The molecule has 0 radical (unpaired) electrons. The molecule has 3 aromatic heterocycles. The highest BCUT2D eigenvalue weighted by molar-refractivity contribution is 7.22. The Labute approximate surface area is 364 Å². The van der Waals surface area contributed by atoms with Gasteiger partial charge < -0.3 is 14.3 Å². The predicted molar refractivity (Wildman–Crippen MR) is 235 cm³/mol. The number of phenolic OH excluding ortho intramolecular Hbond substituents is 1. The molecule has 62 heavy (non-hydrogen) atoms. The Morgan fingerprint density at radius 1 is 0.919 bits per heavy atom. The predicted octanol–water partition coefficient (Wildman–Crippen LogP) is 9.22. The van der Waals surface area contributed by atoms with Crippen molar-refractivity contribution in [2.45, 2.75) is 32.6 Å². The number of hydrogen-bond acceptors (Lipinski definition) is 10. The number of hydrogen-bond donors (Lipinski definition) is 1. The van der Waals surface area contributed by atoms with E-state index >= 15 is 9.59 Å². The van der Waals surface area contributed by atoms with Crippen LogP contribution in [0.3, 0.4) is 0 Å². The van der Waals surface area contributed by atoms with Gasteiger partial charge in [-0.05, 0) is 116 Å². The van der Waals surface area contributed by atoms with Crippen molar-refractivity contribution in [2.75, 3.05) is 16.9 Å². The quantitative estimate of drug-likeness (QED) is 0.128. The molecule has 2 aliphatic carbocycles. The number of imide groups is 2. The second-order valence-corrected chi connectivity index (χ2v) is 18.3. The first-order chi connectivity index (χ1) is 29.9. The summed E-state index contributed by atoms with van der Waals surface area (Å²) in [6.45, 7) is 3.83. The number of carbonyl (C=O) groups is 4. The van der Waals surface area contributed by atoms with Gasteiger partial charge in [0.1, 0.15) is 17.0 Å². The molecule has 6 unspecified atom stereocenters. The maximum atomic E-state index is 15.3. The van der Waals surface area contributed by atoms with Crippen LogP contribution >= 0.6 is 22.9 Å². The number of nitrogens with zero attached hydrogens (tertiary/aromatic N) is 5. The number of rotatable bonds is 6. The fraction of sp³-hybridized carbons (Fsp3) is 0.250. The summed E-state index contributed by atoms with van der Waals surface area (Å²) >= 11 is 7.91. The van der Waals surface area contributed by atoms with Crippen LogP contribution in [-0.4, -0.2) is 50.6 Å². The van der Waals surface area contributed by atoms with Crippen LogP contribution in [0.15, 0.2) is 107 Å². The van der Waals surface area contributed by atoms with Crippen molar-refractivity contribution in [1.29, 1.82) is 0 Å². The van der Waals surface area contributed by atoms with Crippen molar-refractivity contribution in [1.82, 2.24) is 14.8 Å². The molecule has 4 amide bonds. The van der Waals surface area contributed by atoms with Gasteiger partial charge in [-0.2, -0.15) is 5.10 Å². The molecule has 2 aliphatic heterocycles. The number of allylic oxidation sites excluding steroid dienone is 2. The number of carbonyl (C=O) groups excluding carboxylic acids is 4. The molecule has 3 fully saturated rings. The summed E-state index contributed by atoms with van der Waals surface area (Å²) in [5.41, 5.74) is 4.27. The molecule has 5 heterocycles. The maximum absolute atomic E-state index is 15.3. The number of aromatic nitrogens is 3. The second-order valence-electron chi connectivity index (χ2n) is 16.8. The van der Waals surface area contributed by atoms with Crippen molar-refractivity contribution >= 4 is 79.3 Å². The number of oxazole rings is 1. The van der Waals surface area contributed by atoms with Crippen LogP contribution in [-0.2, 0) is 26.2 Å². The topological polar surface area (TPSA) is 148 Å². The van der Waals surface area contributed by atoms with E-state index in [1.54, 1.807) is 65.5 Å². The highest BCUT2D eigenvalue weighted by Gasteiger charge is 2.68. The minimum absolute atomic E-state index is 0.0750. The van der Waals surface area contributed by atoms with E-state index in [2.05, 4.69) is 4.98 Å². The van der Waals surface area contributed by atoms with Gasteiger partial charge in [-0.15, -0.1) is 11.3 Å². The molecular formula is C48H38ClN5O7S. The molecule has 1 N–H and O–H groups in total. The van der Waals surface area contributed by atoms with Crippen LogP contribution < -0.4 is 14.5 Å². The zero-order valence-electron chi connectivity index (χ0n) is 34.0. The number of fused-ring (bicyclic) bond motifs is 6. The summed E-state index contributed by atoms with van der Waals surface area (Å²) < 4.78 is 14.1. The third-order valence-corrected chi connectivity index (χ3v) is 15.2. The summed E-state index contributed by atoms with van der Waals surface area (Å²) in [7, 11) is 3.17. The number of para-hydroxylation sites is 2. The third-order valence-electron chi connectivity index (χ3n) is 13.7. The SMILES string of the molecule is COc1cc(C2C3=CCC4C(=O)N(c5ccc(-c6nc7ccccc7o6)cc5)C(=O)C4C3CC3C(=O)N(c4cc(-c5sc6ccc(Cl)cc6c5C)nn4C)C(=O)C32C)ccc1O. The summed E-state index contributed by atoms with van der Waals surface area (Å²) in [5.74, 6) is -4.07. The molecule has 2 saturated heterocycles. The largest absolute Gasteiger partial charge is 0.504 e. The lowest BCUT2D eigenvalue weighted by Crippen LogP contribution is -2.48. The minimum atomic E-state index is -1.31. The second kappa shape index (κ2) is 13.7. The van der Waals surface area contributed by atoms with Gasteiger partial charge >= 0.3 is 0 Å². The minimum Gasteiger partial charge on any atom is -0.504 e. The first-order valence-electron chi connectivity index (χ1n) is 20.4. The standard InChI is InChI=1S/C48H38ClN5O7S/c1-23-30-20-26(49)12-18-38(30)62-42(23)34-22-39(52(3)51-34)54-45(57)32-21-31-28(41(48(32,2)47(54)59)25-11-17-35(55)37(19-25)60-4)15-16-29-40(31)46(58)53(44(29)56)27-13-9-24(10-14-27)43-50-33-7-5-6-8-36(33)61-43/h5-15,17-20,22,29,31-32,40-41,55H,16,21H2,1-4H3. The first-order valence-corrected chi connectivity index (χ1v) is 21.6. The van der Waals surface area contributed by atoms with Crippen LogP contribution in [0.25, 0.3) is 43.2 Å². The van der Waals surface area contributed by atoms with E-state index in [4.69, 9.17) is 25.9 Å². The molecule has 12 nitrogen and oxygen atoms in total. The molecule has 6 atom stereocenters. The smallest absolute Gasteiger partial charge is 0.242 e. The van der Waals surface area contributed by atoms with Gasteiger partial charge in [0.25, 0.3) is 0 Å². The Morgan fingerprint density at radius 3 is 2.48 bits per heavy atom. The van der Waals surface area contributed by atoms with Crippen LogP contribution in [0.2, 0.25) is 5.02 Å². The zero-order valence-corrected chi connectivity index (χ0v) is 35.5. The molecular weight excluding hydrogens is 826 g/mol. The van der Waals surface area contributed by atoms with Crippen LogP contribution in [0, 0.1) is 36.0 Å². The number of halogens is 1. The molecule has 1 saturated carbocycles. The average Bonchev–Trinajstić information content (AvgIpc) is 4.05. The lowest BCUT2D eigenvalue weighted by Gasteiger charge is -2.49. The van der Waals surface area contributed by atoms with E-state index in [0.717, 1.165) is 31.6 Å². The van der Waals surface area contributed by atoms with Gasteiger partial charge in [-0.25, -0.2) is 9.88 Å². The summed E-state index contributed by atoms with van der Waals surface area (Å²) in [6.07, 6.45) is 2.46. The van der Waals surface area contributed by atoms with E-state index in [1.807, 2.05) is 62.4 Å². The molecule has 14 heteroatoms. The van der Waals surface area contributed by atoms with Crippen molar-refractivity contribution in [2.24, 2.45) is 36.1 Å². The van der Waals surface area contributed by atoms with Gasteiger partial charge in [0, 0.05) is 34.3 Å². The van der Waals surface area contributed by atoms with Gasteiger partial charge in [-0.1, -0.05) is 41.4 Å². The van der Waals surface area contributed by atoms with Crippen molar-refractivity contribution in [3.63, 3.8) is 0 Å². The van der Waals surface area contributed by atoms with E-state index in [1.165, 1.54) is 23.0 Å². The Balaban J connectivity index is 0.973. The molecule has 310 valence electrons. The maximum Gasteiger partial charge on any atom is 0.242 e. The molecule has 11 rings (SSSR count). The van der Waals surface area contributed by atoms with Gasteiger partial charge in [0.05, 0.1) is 40.8 Å². The van der Waals surface area contributed by atoms with Crippen molar-refractivity contribution in [3.05, 3.63) is 119 Å². The highest BCUT2D eigenvalue weighted by atomic mass is 35.5. The van der Waals surface area contributed by atoms with Gasteiger partial charge in [0.15, 0.2) is 17.1 Å². The average molecular weight is 864 g/mol. The third kappa shape index (κ3) is 5.37. The van der Waals surface area contributed by atoms with Gasteiger partial charge in [-0.3, -0.25) is 28.8 Å². The monoisotopic (exact) mass is 863 g/mol. The molecule has 4 aromatic carbocycles. The van der Waals surface area contributed by atoms with Crippen molar-refractivity contribution in [3.8, 4) is 33.5 Å². The fourth-order valence-corrected chi connectivity index (χ4v) is 12.0. The van der Waals surface area contributed by atoms with E-state index in [-0.39, 0.29) is 36.2 Å². The number of ether oxygens (including phenoxy) is 1. The van der Waals surface area contributed by atoms with E-state index in [9.17, 15) is 14.7 Å². The highest BCUT2D eigenvalue weighted by Crippen LogP contribution is 2.64. The van der Waals surface area contributed by atoms with Crippen LogP contribution in [0.1, 0.15) is 36.8 Å². The lowest BCUT2D eigenvalue weighted by atomic mass is 9.51. The zero-order chi connectivity index (χ0) is 42.9. The number of aromatic hydroxyl groups is 1. The summed E-state index contributed by atoms with van der Waals surface area (Å²) in [6, 6.07) is 27.0. The molecule has 0 bridgehead atoms. The van der Waals surface area contributed by atoms with E-state index in [0.29, 0.717) is 44.8 Å². The van der Waals surface area contributed by atoms with Crippen LogP contribution in [0.5, 0.6) is 11.5 Å². The number of amides is 4. The Morgan fingerprint density at radius 2 is 1.71 bits per heavy atom. The lowest BCUT2D eigenvalue weighted by molar-refractivity contribution is -0.131. The molecule has 0 spiro atoms. The number of aryl methyl sites for hydroxylation is 2. The summed E-state index contributed by atoms with van der Waals surface area (Å²) in [4.78, 5) is 67.4. The Kier molecular flexibility index (Phi) is 8.49. The number of anilines is 2. The normalized spacial score (nSPS) is 24.5. The fourth-order valence-electron chi connectivity index (χ4n) is 10.7. The number of methoxy groups -OCH3 is 1. The van der Waals surface area contributed by atoms with Crippen LogP contribution in [0.4, 0.5) is 11.5 Å². The first kappa shape index (κ1) is 38.4. The summed E-state index contributed by atoms with van der Waals surface area (Å²) in [5, 5.41) is 17.1. The van der Waals surface area contributed by atoms with Gasteiger partial charge in [0.2, 0.25) is 29.5 Å². The molecule has 4 aliphatic rings.